The fraction of sp³-hybridized carbons (Fsp3) is 0.143. The zero-order valence-electron chi connectivity index (χ0n) is 11.5. The average molecular weight is 280 g/mol. The van der Waals surface area contributed by atoms with Gasteiger partial charge in [0.2, 0.25) is 0 Å². The van der Waals surface area contributed by atoms with E-state index in [0.717, 1.165) is 22.9 Å². The van der Waals surface area contributed by atoms with Crippen LogP contribution in [-0.2, 0) is 0 Å². The summed E-state index contributed by atoms with van der Waals surface area (Å²) in [4.78, 5) is 0. The monoisotopic (exact) mass is 280 g/mol. The van der Waals surface area contributed by atoms with Crippen molar-refractivity contribution in [3.05, 3.63) is 48.5 Å². The first-order valence-electron chi connectivity index (χ1n) is 5.64. The summed E-state index contributed by atoms with van der Waals surface area (Å²) >= 11 is 0. The Morgan fingerprint density at radius 1 is 0.650 bits per heavy atom. The predicted molar refractivity (Wildman–Crippen MR) is 80.1 cm³/mol. The number of rotatable bonds is 2. The normalized spacial score (nSPS) is 8.40. The molecule has 0 unspecified atom stereocenters. The molecular formula is C14H20N2O4. The molecule has 0 aliphatic carbocycles. The van der Waals surface area contributed by atoms with Crippen LogP contribution in [0.2, 0.25) is 0 Å². The predicted octanol–water partition coefficient (Wildman–Crippen LogP) is 2.57. The smallest absolute Gasteiger partial charge is 0.119 e. The standard InChI is InChI=1S/2C7H9NO.H2O2/c2*1-9-7-4-2-6(8)3-5-7;1-2/h2*2-5H,8H2,1H3;1-2H. The summed E-state index contributed by atoms with van der Waals surface area (Å²) in [6.45, 7) is 0. The van der Waals surface area contributed by atoms with E-state index in [0.29, 0.717) is 0 Å². The van der Waals surface area contributed by atoms with Crippen molar-refractivity contribution in [3.8, 4) is 11.5 Å². The van der Waals surface area contributed by atoms with Crippen LogP contribution >= 0.6 is 0 Å². The lowest BCUT2D eigenvalue weighted by molar-refractivity contribution is -0.176. The van der Waals surface area contributed by atoms with Gasteiger partial charge in [0.25, 0.3) is 0 Å². The molecule has 0 aliphatic rings. The number of methoxy groups -OCH3 is 2. The van der Waals surface area contributed by atoms with Crippen molar-refractivity contribution in [1.82, 2.24) is 0 Å². The molecule has 0 aromatic heterocycles. The number of ether oxygens (including phenoxy) is 2. The Bertz CT molecular complexity index is 412. The van der Waals surface area contributed by atoms with Gasteiger partial charge in [0.05, 0.1) is 14.2 Å². The van der Waals surface area contributed by atoms with E-state index in [9.17, 15) is 0 Å². The maximum Gasteiger partial charge on any atom is 0.119 e. The van der Waals surface area contributed by atoms with Crippen molar-refractivity contribution in [1.29, 1.82) is 0 Å². The molecule has 6 heteroatoms. The van der Waals surface area contributed by atoms with E-state index in [1.807, 2.05) is 24.3 Å². The number of nitrogen functional groups attached to an aromatic ring is 2. The second-order valence-electron chi connectivity index (χ2n) is 3.55. The van der Waals surface area contributed by atoms with Gasteiger partial charge in [0.15, 0.2) is 0 Å². The summed E-state index contributed by atoms with van der Waals surface area (Å²) in [7, 11) is 3.26. The molecule has 0 aliphatic heterocycles. The number of benzene rings is 2. The van der Waals surface area contributed by atoms with Crippen molar-refractivity contribution < 1.29 is 20.0 Å². The molecule has 0 heterocycles. The highest BCUT2D eigenvalue weighted by molar-refractivity contribution is 5.42. The van der Waals surface area contributed by atoms with Crippen molar-refractivity contribution in [2.45, 2.75) is 0 Å². The summed E-state index contributed by atoms with van der Waals surface area (Å²) < 4.78 is 9.83. The molecule has 6 N–H and O–H groups in total. The van der Waals surface area contributed by atoms with Crippen LogP contribution in [0.1, 0.15) is 0 Å². The highest BCUT2D eigenvalue weighted by atomic mass is 17.0. The maximum absolute atomic E-state index is 6.00. The molecule has 0 amide bonds. The highest BCUT2D eigenvalue weighted by Crippen LogP contribution is 2.12. The Labute approximate surface area is 118 Å². The molecule has 2 aromatic carbocycles. The fourth-order valence-corrected chi connectivity index (χ4v) is 1.21. The quantitative estimate of drug-likeness (QED) is 0.382. The molecule has 0 bridgehead atoms. The van der Waals surface area contributed by atoms with Gasteiger partial charge in [-0.05, 0) is 48.5 Å². The van der Waals surface area contributed by atoms with Gasteiger partial charge in [-0.25, -0.2) is 0 Å². The zero-order chi connectivity index (χ0) is 15.4. The maximum atomic E-state index is 6.00. The first kappa shape index (κ1) is 17.6. The molecule has 2 aromatic rings. The van der Waals surface area contributed by atoms with E-state index in [1.165, 1.54) is 0 Å². The van der Waals surface area contributed by atoms with Crippen LogP contribution in [-0.4, -0.2) is 24.7 Å². The first-order chi connectivity index (χ1) is 9.65. The topological polar surface area (TPSA) is 111 Å². The van der Waals surface area contributed by atoms with Crippen molar-refractivity contribution in [2.75, 3.05) is 25.7 Å². The van der Waals surface area contributed by atoms with E-state index in [2.05, 4.69) is 0 Å². The van der Waals surface area contributed by atoms with E-state index in [4.69, 9.17) is 31.5 Å². The van der Waals surface area contributed by atoms with Crippen LogP contribution in [0.3, 0.4) is 0 Å². The van der Waals surface area contributed by atoms with Crippen molar-refractivity contribution in [2.24, 2.45) is 0 Å². The third-order valence-corrected chi connectivity index (χ3v) is 2.23. The van der Waals surface area contributed by atoms with Gasteiger partial charge in [-0.1, -0.05) is 0 Å². The number of anilines is 2. The molecule has 0 spiro atoms. The summed E-state index contributed by atoms with van der Waals surface area (Å²) in [5, 5.41) is 12.0. The van der Waals surface area contributed by atoms with Crippen molar-refractivity contribution >= 4 is 11.4 Å². The largest absolute Gasteiger partial charge is 0.497 e. The molecule has 0 saturated carbocycles. The Balaban J connectivity index is 0.000000321. The van der Waals surface area contributed by atoms with Crippen LogP contribution < -0.4 is 20.9 Å². The molecule has 0 saturated heterocycles. The Hall–Kier alpha value is -2.44. The van der Waals surface area contributed by atoms with Gasteiger partial charge in [-0.3, -0.25) is 10.5 Å². The number of hydrogen-bond acceptors (Lipinski definition) is 6. The van der Waals surface area contributed by atoms with Crippen LogP contribution in [0.15, 0.2) is 48.5 Å². The van der Waals surface area contributed by atoms with Crippen LogP contribution in [0, 0.1) is 0 Å². The minimum atomic E-state index is 0.760. The third kappa shape index (κ3) is 7.10. The number of hydrogen-bond donors (Lipinski definition) is 4. The lowest BCUT2D eigenvalue weighted by atomic mass is 10.3. The molecule has 0 atom stereocenters. The molecule has 2 rings (SSSR count). The van der Waals surface area contributed by atoms with Crippen LogP contribution in [0.25, 0.3) is 0 Å². The summed E-state index contributed by atoms with van der Waals surface area (Å²) in [5.74, 6) is 1.67. The lowest BCUT2D eigenvalue weighted by Gasteiger charge is -1.97. The minimum absolute atomic E-state index is 0.760. The number of nitrogens with two attached hydrogens (primary N) is 2. The van der Waals surface area contributed by atoms with Crippen molar-refractivity contribution in [3.63, 3.8) is 0 Å². The van der Waals surface area contributed by atoms with Gasteiger partial charge in [-0.15, -0.1) is 0 Å². The average Bonchev–Trinajstić information content (AvgIpc) is 2.51. The summed E-state index contributed by atoms with van der Waals surface area (Å²) in [5.41, 5.74) is 12.4. The second kappa shape index (κ2) is 10.5. The Kier molecular flexibility index (Phi) is 9.20. The third-order valence-electron chi connectivity index (χ3n) is 2.23. The van der Waals surface area contributed by atoms with E-state index >= 15 is 0 Å². The van der Waals surface area contributed by atoms with Gasteiger partial charge in [0.1, 0.15) is 11.5 Å². The second-order valence-corrected chi connectivity index (χ2v) is 3.55. The van der Waals surface area contributed by atoms with Gasteiger partial charge in [-0.2, -0.15) is 0 Å². The Morgan fingerprint density at radius 3 is 1.10 bits per heavy atom. The SMILES string of the molecule is COc1ccc(N)cc1.COc1ccc(N)cc1.OO. The van der Waals surface area contributed by atoms with Gasteiger partial charge >= 0.3 is 0 Å². The van der Waals surface area contributed by atoms with E-state index < -0.39 is 0 Å². The first-order valence-corrected chi connectivity index (χ1v) is 5.64. The minimum Gasteiger partial charge on any atom is -0.497 e. The van der Waals surface area contributed by atoms with E-state index in [1.54, 1.807) is 38.5 Å². The van der Waals surface area contributed by atoms with Crippen LogP contribution in [0.5, 0.6) is 11.5 Å². The lowest BCUT2D eigenvalue weighted by Crippen LogP contribution is -1.84. The van der Waals surface area contributed by atoms with Crippen LogP contribution in [0.4, 0.5) is 11.4 Å². The highest BCUT2D eigenvalue weighted by Gasteiger charge is 1.86. The molecule has 0 radical (unpaired) electrons. The van der Waals surface area contributed by atoms with Gasteiger partial charge in [0, 0.05) is 11.4 Å². The zero-order valence-corrected chi connectivity index (χ0v) is 11.5. The molecule has 20 heavy (non-hydrogen) atoms. The van der Waals surface area contributed by atoms with E-state index in [-0.39, 0.29) is 0 Å². The molecule has 6 nitrogen and oxygen atoms in total. The summed E-state index contributed by atoms with van der Waals surface area (Å²) in [6, 6.07) is 14.5. The Morgan fingerprint density at radius 2 is 0.900 bits per heavy atom. The molecular weight excluding hydrogens is 260 g/mol. The van der Waals surface area contributed by atoms with Gasteiger partial charge < -0.3 is 20.9 Å². The molecule has 110 valence electrons. The molecule has 0 fully saturated rings. The summed E-state index contributed by atoms with van der Waals surface area (Å²) in [6.07, 6.45) is 0. The fourth-order valence-electron chi connectivity index (χ4n) is 1.21.